The van der Waals surface area contributed by atoms with Crippen LogP contribution in [0.2, 0.25) is 0 Å². The number of ether oxygens (including phenoxy) is 1. The third kappa shape index (κ3) is 3.50. The van der Waals surface area contributed by atoms with Gasteiger partial charge in [0.2, 0.25) is 5.88 Å². The van der Waals surface area contributed by atoms with Gasteiger partial charge in [0.25, 0.3) is 0 Å². The molecule has 1 heterocycles. The molecule has 1 rings (SSSR count). The highest BCUT2D eigenvalue weighted by Crippen LogP contribution is 2.20. The summed E-state index contributed by atoms with van der Waals surface area (Å²) in [5, 5.41) is 3.15. The first kappa shape index (κ1) is 11.4. The van der Waals surface area contributed by atoms with Crippen molar-refractivity contribution in [1.29, 1.82) is 0 Å². The number of pyridine rings is 1. The van der Waals surface area contributed by atoms with Gasteiger partial charge >= 0.3 is 0 Å². The maximum absolute atomic E-state index is 5.70. The molecule has 1 aromatic rings. The van der Waals surface area contributed by atoms with Gasteiger partial charge < -0.3 is 15.8 Å². The monoisotopic (exact) mass is 207 g/mol. The SMILES string of the molecule is C=CCCNc1ccc(N)c(OCC)n1. The van der Waals surface area contributed by atoms with Crippen LogP contribution < -0.4 is 15.8 Å². The summed E-state index contributed by atoms with van der Waals surface area (Å²) in [6.07, 6.45) is 2.75. The molecule has 0 saturated heterocycles. The van der Waals surface area contributed by atoms with Gasteiger partial charge in [-0.15, -0.1) is 6.58 Å². The number of nitrogens with one attached hydrogen (secondary N) is 1. The Labute approximate surface area is 90.2 Å². The van der Waals surface area contributed by atoms with Crippen molar-refractivity contribution in [2.45, 2.75) is 13.3 Å². The van der Waals surface area contributed by atoms with Crippen molar-refractivity contribution < 1.29 is 4.74 Å². The number of nitrogen functional groups attached to an aromatic ring is 1. The molecule has 0 atom stereocenters. The quantitative estimate of drug-likeness (QED) is 0.553. The van der Waals surface area contributed by atoms with E-state index < -0.39 is 0 Å². The minimum Gasteiger partial charge on any atom is -0.476 e. The number of anilines is 2. The molecule has 0 aliphatic rings. The third-order valence-electron chi connectivity index (χ3n) is 1.83. The number of aromatic nitrogens is 1. The Kier molecular flexibility index (Phi) is 4.47. The molecule has 4 heteroatoms. The van der Waals surface area contributed by atoms with Gasteiger partial charge in [0.05, 0.1) is 12.3 Å². The first-order chi connectivity index (χ1) is 7.27. The highest BCUT2D eigenvalue weighted by Gasteiger charge is 2.02. The van der Waals surface area contributed by atoms with Crippen LogP contribution in [0.25, 0.3) is 0 Å². The second-order valence-corrected chi connectivity index (χ2v) is 3.03. The fourth-order valence-electron chi connectivity index (χ4n) is 1.10. The summed E-state index contributed by atoms with van der Waals surface area (Å²) in [5.41, 5.74) is 6.26. The molecule has 4 nitrogen and oxygen atoms in total. The average Bonchev–Trinajstić information content (AvgIpc) is 2.23. The molecular weight excluding hydrogens is 190 g/mol. The van der Waals surface area contributed by atoms with Gasteiger partial charge in [0.15, 0.2) is 0 Å². The molecule has 82 valence electrons. The van der Waals surface area contributed by atoms with Gasteiger partial charge in [-0.2, -0.15) is 4.98 Å². The molecule has 0 radical (unpaired) electrons. The van der Waals surface area contributed by atoms with E-state index in [2.05, 4.69) is 16.9 Å². The van der Waals surface area contributed by atoms with E-state index in [1.165, 1.54) is 0 Å². The molecule has 15 heavy (non-hydrogen) atoms. The van der Waals surface area contributed by atoms with Crippen molar-refractivity contribution in [1.82, 2.24) is 4.98 Å². The maximum Gasteiger partial charge on any atom is 0.239 e. The van der Waals surface area contributed by atoms with Crippen LogP contribution in [-0.4, -0.2) is 18.1 Å². The Hall–Kier alpha value is -1.71. The number of nitrogens with two attached hydrogens (primary N) is 1. The van der Waals surface area contributed by atoms with Crippen molar-refractivity contribution in [3.8, 4) is 5.88 Å². The summed E-state index contributed by atoms with van der Waals surface area (Å²) in [7, 11) is 0. The highest BCUT2D eigenvalue weighted by atomic mass is 16.5. The van der Waals surface area contributed by atoms with Crippen molar-refractivity contribution in [2.75, 3.05) is 24.2 Å². The smallest absolute Gasteiger partial charge is 0.239 e. The molecule has 0 spiro atoms. The Balaban J connectivity index is 2.64. The Morgan fingerprint density at radius 1 is 1.60 bits per heavy atom. The Bertz CT molecular complexity index is 326. The number of rotatable bonds is 6. The van der Waals surface area contributed by atoms with Gasteiger partial charge in [-0.25, -0.2) is 0 Å². The minimum atomic E-state index is 0.487. The molecule has 0 fully saturated rings. The molecule has 0 aliphatic carbocycles. The van der Waals surface area contributed by atoms with Crippen molar-refractivity contribution >= 4 is 11.5 Å². The summed E-state index contributed by atoms with van der Waals surface area (Å²) in [5.74, 6) is 1.26. The fourth-order valence-corrected chi connectivity index (χ4v) is 1.10. The van der Waals surface area contributed by atoms with Crippen LogP contribution in [0.3, 0.4) is 0 Å². The molecule has 0 saturated carbocycles. The van der Waals surface area contributed by atoms with E-state index >= 15 is 0 Å². The van der Waals surface area contributed by atoms with E-state index in [9.17, 15) is 0 Å². The minimum absolute atomic E-state index is 0.487. The highest BCUT2D eigenvalue weighted by molar-refractivity contribution is 5.53. The van der Waals surface area contributed by atoms with Crippen LogP contribution in [0.15, 0.2) is 24.8 Å². The Morgan fingerprint density at radius 3 is 3.07 bits per heavy atom. The maximum atomic E-state index is 5.70. The van der Waals surface area contributed by atoms with Gasteiger partial charge in [-0.3, -0.25) is 0 Å². The van der Waals surface area contributed by atoms with Crippen LogP contribution >= 0.6 is 0 Å². The molecule has 0 amide bonds. The van der Waals surface area contributed by atoms with E-state index in [0.29, 0.717) is 18.2 Å². The van der Waals surface area contributed by atoms with Gasteiger partial charge in [0.1, 0.15) is 5.82 Å². The largest absolute Gasteiger partial charge is 0.476 e. The van der Waals surface area contributed by atoms with Gasteiger partial charge in [-0.1, -0.05) is 6.08 Å². The predicted molar refractivity (Wildman–Crippen MR) is 63.1 cm³/mol. The molecule has 0 aromatic carbocycles. The normalized spacial score (nSPS) is 9.67. The topological polar surface area (TPSA) is 60.2 Å². The zero-order valence-electron chi connectivity index (χ0n) is 8.99. The first-order valence-electron chi connectivity index (χ1n) is 5.02. The van der Waals surface area contributed by atoms with Crippen LogP contribution in [0.1, 0.15) is 13.3 Å². The standard InChI is InChI=1S/C11H17N3O/c1-3-5-8-13-10-7-6-9(12)11(14-10)15-4-2/h3,6-7H,1,4-5,8,12H2,2H3,(H,13,14). The summed E-state index contributed by atoms with van der Waals surface area (Å²) in [6, 6.07) is 3.62. The number of hydrogen-bond donors (Lipinski definition) is 2. The zero-order valence-corrected chi connectivity index (χ0v) is 8.99. The van der Waals surface area contributed by atoms with Crippen LogP contribution in [0.4, 0.5) is 11.5 Å². The van der Waals surface area contributed by atoms with E-state index in [-0.39, 0.29) is 0 Å². The molecule has 0 unspecified atom stereocenters. The second-order valence-electron chi connectivity index (χ2n) is 3.03. The third-order valence-corrected chi connectivity index (χ3v) is 1.83. The lowest BCUT2D eigenvalue weighted by atomic mass is 10.3. The van der Waals surface area contributed by atoms with Crippen LogP contribution in [0.5, 0.6) is 5.88 Å². The van der Waals surface area contributed by atoms with Gasteiger partial charge in [0, 0.05) is 6.54 Å². The van der Waals surface area contributed by atoms with Crippen molar-refractivity contribution in [3.63, 3.8) is 0 Å². The zero-order chi connectivity index (χ0) is 11.1. The molecule has 0 bridgehead atoms. The lowest BCUT2D eigenvalue weighted by Crippen LogP contribution is -2.05. The van der Waals surface area contributed by atoms with E-state index in [1.54, 1.807) is 6.07 Å². The second kappa shape index (κ2) is 5.90. The van der Waals surface area contributed by atoms with E-state index in [1.807, 2.05) is 19.1 Å². The van der Waals surface area contributed by atoms with Crippen LogP contribution in [0, 0.1) is 0 Å². The summed E-state index contributed by atoms with van der Waals surface area (Å²) < 4.78 is 5.29. The predicted octanol–water partition coefficient (Wildman–Crippen LogP) is 2.05. The molecule has 3 N–H and O–H groups in total. The lowest BCUT2D eigenvalue weighted by Gasteiger charge is -2.08. The average molecular weight is 207 g/mol. The fraction of sp³-hybridized carbons (Fsp3) is 0.364. The molecule has 0 aliphatic heterocycles. The number of hydrogen-bond acceptors (Lipinski definition) is 4. The molecular formula is C11H17N3O. The van der Waals surface area contributed by atoms with Crippen LogP contribution in [-0.2, 0) is 0 Å². The van der Waals surface area contributed by atoms with Crippen molar-refractivity contribution in [2.24, 2.45) is 0 Å². The summed E-state index contributed by atoms with van der Waals surface area (Å²) in [6.45, 7) is 6.92. The van der Waals surface area contributed by atoms with Gasteiger partial charge in [-0.05, 0) is 25.5 Å². The van der Waals surface area contributed by atoms with Crippen molar-refractivity contribution in [3.05, 3.63) is 24.8 Å². The summed E-state index contributed by atoms with van der Waals surface area (Å²) in [4.78, 5) is 4.24. The Morgan fingerprint density at radius 2 is 2.40 bits per heavy atom. The van der Waals surface area contributed by atoms with E-state index in [0.717, 1.165) is 18.8 Å². The first-order valence-corrected chi connectivity index (χ1v) is 5.02. The molecule has 1 aromatic heterocycles. The summed E-state index contributed by atoms with van der Waals surface area (Å²) >= 11 is 0. The lowest BCUT2D eigenvalue weighted by molar-refractivity contribution is 0.329. The number of nitrogens with zero attached hydrogens (tertiary/aromatic N) is 1. The van der Waals surface area contributed by atoms with E-state index in [4.69, 9.17) is 10.5 Å².